The van der Waals surface area contributed by atoms with E-state index in [1.54, 1.807) is 0 Å². The van der Waals surface area contributed by atoms with Crippen molar-refractivity contribution in [2.75, 3.05) is 7.05 Å². The smallest absolute Gasteiger partial charge is 0.0545 e. The van der Waals surface area contributed by atoms with Crippen LogP contribution < -0.4 is 5.32 Å². The Balaban J connectivity index is 2.32. The van der Waals surface area contributed by atoms with Crippen LogP contribution in [0.2, 0.25) is 5.02 Å². The van der Waals surface area contributed by atoms with Crippen LogP contribution in [-0.2, 0) is 0 Å². The number of nitrogens with one attached hydrogen (secondary N) is 1. The average molecular weight is 329 g/mol. The first-order valence-corrected chi connectivity index (χ1v) is 7.70. The molecule has 98 valence electrons. The highest BCUT2D eigenvalue weighted by atomic mass is 79.9. The van der Waals surface area contributed by atoms with E-state index in [-0.39, 0.29) is 6.04 Å². The van der Waals surface area contributed by atoms with Gasteiger partial charge in [0.05, 0.1) is 6.04 Å². The molecule has 0 saturated heterocycles. The van der Waals surface area contributed by atoms with Crippen molar-refractivity contribution in [2.45, 2.75) is 38.1 Å². The van der Waals surface area contributed by atoms with Gasteiger partial charge in [-0.3, -0.25) is 0 Å². The van der Waals surface area contributed by atoms with Crippen LogP contribution in [0, 0.1) is 0 Å². The maximum absolute atomic E-state index is 6.12. The molecular weight excluding hydrogens is 310 g/mol. The molecule has 1 atom stereocenters. The number of rotatable bonds is 3. The summed E-state index contributed by atoms with van der Waals surface area (Å²) in [6.45, 7) is 0. The summed E-state index contributed by atoms with van der Waals surface area (Å²) >= 11 is 9.75. The number of likely N-dealkylation sites (N-methyl/N-ethyl adjacent to an activating group) is 1. The Hall–Kier alpha value is -0.310. The molecule has 0 saturated carbocycles. The second-order valence-corrected chi connectivity index (χ2v) is 6.06. The van der Waals surface area contributed by atoms with E-state index in [9.17, 15) is 0 Å². The van der Waals surface area contributed by atoms with Gasteiger partial charge in [-0.25, -0.2) is 0 Å². The summed E-state index contributed by atoms with van der Waals surface area (Å²) in [5.74, 6) is 0. The lowest BCUT2D eigenvalue weighted by Gasteiger charge is -2.21. The number of hydrogen-bond donors (Lipinski definition) is 1. The SMILES string of the molecule is CNC(C1=CCCCCC1)c1cc(Cl)ccc1Br. The lowest BCUT2D eigenvalue weighted by Crippen LogP contribution is -2.19. The summed E-state index contributed by atoms with van der Waals surface area (Å²) in [6.07, 6.45) is 8.74. The first kappa shape index (κ1) is 14.1. The fourth-order valence-electron chi connectivity index (χ4n) is 2.58. The Morgan fingerprint density at radius 2 is 2.11 bits per heavy atom. The molecule has 2 rings (SSSR count). The van der Waals surface area contributed by atoms with E-state index in [2.05, 4.69) is 33.4 Å². The van der Waals surface area contributed by atoms with E-state index >= 15 is 0 Å². The zero-order chi connectivity index (χ0) is 13.0. The van der Waals surface area contributed by atoms with Crippen LogP contribution in [0.5, 0.6) is 0 Å². The fraction of sp³-hybridized carbons (Fsp3) is 0.467. The topological polar surface area (TPSA) is 12.0 Å². The second kappa shape index (κ2) is 6.74. The Bertz CT molecular complexity index is 442. The molecule has 0 spiro atoms. The zero-order valence-electron chi connectivity index (χ0n) is 10.7. The van der Waals surface area contributed by atoms with Gasteiger partial charge < -0.3 is 5.32 Å². The molecular formula is C15H19BrClN. The van der Waals surface area contributed by atoms with Crippen LogP contribution in [-0.4, -0.2) is 7.05 Å². The first-order valence-electron chi connectivity index (χ1n) is 6.53. The minimum Gasteiger partial charge on any atom is -0.310 e. The fourth-order valence-corrected chi connectivity index (χ4v) is 3.23. The molecule has 1 aromatic carbocycles. The Morgan fingerprint density at radius 3 is 2.89 bits per heavy atom. The first-order chi connectivity index (χ1) is 8.72. The third-order valence-corrected chi connectivity index (χ3v) is 4.46. The van der Waals surface area contributed by atoms with Crippen molar-refractivity contribution in [1.82, 2.24) is 5.32 Å². The van der Waals surface area contributed by atoms with Gasteiger partial charge in [-0.15, -0.1) is 0 Å². The molecule has 0 radical (unpaired) electrons. The summed E-state index contributed by atoms with van der Waals surface area (Å²) in [5, 5.41) is 4.22. The van der Waals surface area contributed by atoms with Gasteiger partial charge in [0.25, 0.3) is 0 Å². The summed E-state index contributed by atoms with van der Waals surface area (Å²) in [4.78, 5) is 0. The Kier molecular flexibility index (Phi) is 5.28. The molecule has 0 fully saturated rings. The van der Waals surface area contributed by atoms with Crippen molar-refractivity contribution in [1.29, 1.82) is 0 Å². The van der Waals surface area contributed by atoms with Gasteiger partial charge in [0.2, 0.25) is 0 Å². The van der Waals surface area contributed by atoms with Crippen LogP contribution >= 0.6 is 27.5 Å². The van der Waals surface area contributed by atoms with Crippen LogP contribution in [0.25, 0.3) is 0 Å². The summed E-state index contributed by atoms with van der Waals surface area (Å²) < 4.78 is 1.12. The lowest BCUT2D eigenvalue weighted by molar-refractivity contribution is 0.627. The maximum atomic E-state index is 6.12. The van der Waals surface area contributed by atoms with Crippen molar-refractivity contribution >= 4 is 27.5 Å². The van der Waals surface area contributed by atoms with Crippen molar-refractivity contribution in [3.8, 4) is 0 Å². The summed E-state index contributed by atoms with van der Waals surface area (Å²) in [5.41, 5.74) is 2.73. The number of hydrogen-bond acceptors (Lipinski definition) is 1. The lowest BCUT2D eigenvalue weighted by atomic mass is 9.95. The quantitative estimate of drug-likeness (QED) is 0.747. The predicted octanol–water partition coefficient (Wildman–Crippen LogP) is 5.25. The van der Waals surface area contributed by atoms with E-state index in [4.69, 9.17) is 11.6 Å². The molecule has 1 aliphatic rings. The zero-order valence-corrected chi connectivity index (χ0v) is 13.0. The minimum absolute atomic E-state index is 0.274. The predicted molar refractivity (Wildman–Crippen MR) is 82.1 cm³/mol. The molecule has 0 bridgehead atoms. The molecule has 18 heavy (non-hydrogen) atoms. The van der Waals surface area contributed by atoms with E-state index < -0.39 is 0 Å². The highest BCUT2D eigenvalue weighted by Gasteiger charge is 2.18. The maximum Gasteiger partial charge on any atom is 0.0545 e. The van der Waals surface area contributed by atoms with Crippen molar-refractivity contribution in [2.24, 2.45) is 0 Å². The van der Waals surface area contributed by atoms with Gasteiger partial charge in [-0.05, 0) is 56.5 Å². The van der Waals surface area contributed by atoms with Gasteiger partial charge in [-0.1, -0.05) is 45.6 Å². The third-order valence-electron chi connectivity index (χ3n) is 3.50. The highest BCUT2D eigenvalue weighted by Crippen LogP contribution is 2.34. The molecule has 1 N–H and O–H groups in total. The van der Waals surface area contributed by atoms with Gasteiger partial charge in [0.15, 0.2) is 0 Å². The van der Waals surface area contributed by atoms with E-state index in [1.165, 1.54) is 43.2 Å². The Labute approximate surface area is 123 Å². The van der Waals surface area contributed by atoms with Crippen LogP contribution in [0.15, 0.2) is 34.3 Å². The van der Waals surface area contributed by atoms with Crippen LogP contribution in [0.3, 0.4) is 0 Å². The van der Waals surface area contributed by atoms with Crippen molar-refractivity contribution in [3.63, 3.8) is 0 Å². The largest absolute Gasteiger partial charge is 0.310 e. The van der Waals surface area contributed by atoms with E-state index in [0.717, 1.165) is 9.50 Å². The highest BCUT2D eigenvalue weighted by molar-refractivity contribution is 9.10. The second-order valence-electron chi connectivity index (χ2n) is 4.77. The molecule has 0 aromatic heterocycles. The van der Waals surface area contributed by atoms with Crippen LogP contribution in [0.1, 0.15) is 43.7 Å². The van der Waals surface area contributed by atoms with Crippen molar-refractivity contribution in [3.05, 3.63) is 44.9 Å². The number of benzene rings is 1. The molecule has 1 aromatic rings. The molecule has 1 nitrogen and oxygen atoms in total. The average Bonchev–Trinajstić information content (AvgIpc) is 2.64. The van der Waals surface area contributed by atoms with Crippen LogP contribution in [0.4, 0.5) is 0 Å². The summed E-state index contributed by atoms with van der Waals surface area (Å²) in [6, 6.07) is 6.28. The van der Waals surface area contributed by atoms with Gasteiger partial charge >= 0.3 is 0 Å². The molecule has 3 heteroatoms. The third kappa shape index (κ3) is 3.37. The van der Waals surface area contributed by atoms with Crippen molar-refractivity contribution < 1.29 is 0 Å². The summed E-state index contributed by atoms with van der Waals surface area (Å²) in [7, 11) is 2.02. The van der Waals surface area contributed by atoms with E-state index in [1.807, 2.05) is 19.2 Å². The molecule has 0 amide bonds. The monoisotopic (exact) mass is 327 g/mol. The molecule has 0 aliphatic heterocycles. The molecule has 1 unspecified atom stereocenters. The minimum atomic E-state index is 0.274. The van der Waals surface area contributed by atoms with Gasteiger partial charge in [0, 0.05) is 9.50 Å². The van der Waals surface area contributed by atoms with Gasteiger partial charge in [0.1, 0.15) is 0 Å². The van der Waals surface area contributed by atoms with E-state index in [0.29, 0.717) is 0 Å². The molecule has 1 aliphatic carbocycles. The molecule has 0 heterocycles. The standard InChI is InChI=1S/C15H19BrClN/c1-18-15(11-6-4-2-3-5-7-11)13-10-12(17)8-9-14(13)16/h6,8-10,15,18H,2-5,7H2,1H3. The van der Waals surface area contributed by atoms with Gasteiger partial charge in [-0.2, -0.15) is 0 Å². The Morgan fingerprint density at radius 1 is 1.28 bits per heavy atom. The number of halogens is 2. The normalized spacial score (nSPS) is 18.1. The number of allylic oxidation sites excluding steroid dienone is 1.